The van der Waals surface area contributed by atoms with Crippen LogP contribution in [0.3, 0.4) is 0 Å². The third-order valence-electron chi connectivity index (χ3n) is 2.32. The number of hydrogen-bond donors (Lipinski definition) is 0. The Morgan fingerprint density at radius 1 is 0.652 bits per heavy atom. The summed E-state index contributed by atoms with van der Waals surface area (Å²) < 4.78 is 0.850. The fourth-order valence-corrected chi connectivity index (χ4v) is 2.19. The quantitative estimate of drug-likeness (QED) is 0.215. The first-order valence-corrected chi connectivity index (χ1v) is 6.40. The molecule has 0 unspecified atom stereocenters. The van der Waals surface area contributed by atoms with Crippen LogP contribution in [-0.4, -0.2) is 0 Å². The first kappa shape index (κ1) is 31.7. The van der Waals surface area contributed by atoms with Gasteiger partial charge >= 0.3 is 0 Å². The van der Waals surface area contributed by atoms with Crippen LogP contribution in [-0.2, 0) is 19.5 Å². The zero-order chi connectivity index (χ0) is 13.3. The van der Waals surface area contributed by atoms with Crippen molar-refractivity contribution in [2.45, 2.75) is 0 Å². The minimum absolute atomic E-state index is 0. The summed E-state index contributed by atoms with van der Waals surface area (Å²) in [5.41, 5.74) is 10.8. The Hall–Kier alpha value is 0.983. The van der Waals surface area contributed by atoms with Crippen LogP contribution in [0.5, 0.6) is 0 Å². The van der Waals surface area contributed by atoms with Crippen molar-refractivity contribution < 1.29 is 19.5 Å². The van der Waals surface area contributed by atoms with Crippen LogP contribution < -0.4 is 4.70 Å². The molecule has 0 spiro atoms. The summed E-state index contributed by atoms with van der Waals surface area (Å²) in [6.07, 6.45) is 0. The maximum atomic E-state index is 10.1. The van der Waals surface area contributed by atoms with Crippen LogP contribution in [0.1, 0.15) is 0 Å². The molecule has 0 N–H and O–H groups in total. The minimum Gasteiger partial charge on any atom is -0.493 e. The second-order valence-corrected chi connectivity index (χ2v) is 5.03. The molecule has 0 aliphatic heterocycles. The molecule has 0 fully saturated rings. The molecule has 0 heterocycles. The van der Waals surface area contributed by atoms with Crippen molar-refractivity contribution in [3.05, 3.63) is 62.0 Å². The predicted molar refractivity (Wildman–Crippen MR) is 107 cm³/mol. The van der Waals surface area contributed by atoms with Gasteiger partial charge in [0.1, 0.15) is 10.0 Å². The van der Waals surface area contributed by atoms with E-state index in [9.17, 15) is 5.53 Å². The Labute approximate surface area is 192 Å². The molecule has 0 aliphatic carbocycles. The van der Waals surface area contributed by atoms with E-state index in [4.69, 9.17) is 46.4 Å². The van der Waals surface area contributed by atoms with Crippen LogP contribution in [0.25, 0.3) is 5.53 Å². The van der Waals surface area contributed by atoms with Gasteiger partial charge in [-0.1, -0.05) is 58.5 Å². The normalized spacial score (nSPS) is 8.17. The van der Waals surface area contributed by atoms with E-state index < -0.39 is 0 Å². The van der Waals surface area contributed by atoms with Gasteiger partial charge in [-0.25, -0.2) is 4.70 Å². The smallest absolute Gasteiger partial charge is 0.220 e. The molecule has 0 aliphatic rings. The van der Waals surface area contributed by atoms with Gasteiger partial charge in [0.05, 0.1) is 10.0 Å². The van der Waals surface area contributed by atoms with Crippen LogP contribution in [0.2, 0.25) is 20.1 Å². The number of hydrogen-bond acceptors (Lipinski definition) is 0. The van der Waals surface area contributed by atoms with E-state index in [2.05, 4.69) is 0 Å². The largest absolute Gasteiger partial charge is 0.493 e. The molecular formula is C12H10Cl8N2Zn. The van der Waals surface area contributed by atoms with E-state index in [1.807, 2.05) is 0 Å². The van der Waals surface area contributed by atoms with Gasteiger partial charge in [-0.05, 0) is 12.1 Å². The molecule has 23 heavy (non-hydrogen) atoms. The molecule has 11 heteroatoms. The van der Waals surface area contributed by atoms with Gasteiger partial charge in [-0.3, -0.25) is 0 Å². The summed E-state index contributed by atoms with van der Waals surface area (Å²) in [7, 11) is 0. The summed E-state index contributed by atoms with van der Waals surface area (Å²) in [5.74, 6) is 0. The molecule has 0 aromatic heterocycles. The van der Waals surface area contributed by atoms with E-state index >= 15 is 0 Å². The van der Waals surface area contributed by atoms with Gasteiger partial charge in [0.2, 0.25) is 11.4 Å². The van der Waals surface area contributed by atoms with Crippen LogP contribution in [0.4, 0.5) is 11.4 Å². The molecule has 0 saturated heterocycles. The van der Waals surface area contributed by atoms with Gasteiger partial charge in [-0.2, -0.15) is 0 Å². The SMILES string of the molecule is Cl.Cl.Cl.Cl.[N-]=[N+](c1cccc(Cl)c1Cl)c1cccc(Cl)c1Cl.[Zn]. The van der Waals surface area contributed by atoms with Crippen LogP contribution in [0, 0.1) is 0 Å². The zero-order valence-corrected chi connectivity index (χ0v) is 20.5. The third kappa shape index (κ3) is 7.40. The second-order valence-electron chi connectivity index (χ2n) is 3.46. The monoisotopic (exact) mass is 526 g/mol. The maximum absolute atomic E-state index is 10.1. The Morgan fingerprint density at radius 3 is 1.26 bits per heavy atom. The summed E-state index contributed by atoms with van der Waals surface area (Å²) in [5, 5.41) is 1.15. The van der Waals surface area contributed by atoms with Crippen molar-refractivity contribution in [1.82, 2.24) is 4.70 Å². The molecule has 0 atom stereocenters. The van der Waals surface area contributed by atoms with Crippen LogP contribution >= 0.6 is 96.0 Å². The van der Waals surface area contributed by atoms with Crippen molar-refractivity contribution >= 4 is 107 Å². The van der Waals surface area contributed by atoms with Crippen molar-refractivity contribution in [1.29, 1.82) is 0 Å². The zero-order valence-electron chi connectivity index (χ0n) is 11.2. The molecule has 0 amide bonds. The van der Waals surface area contributed by atoms with Gasteiger partial charge in [0.25, 0.3) is 0 Å². The predicted octanol–water partition coefficient (Wildman–Crippen LogP) is 7.84. The van der Waals surface area contributed by atoms with Gasteiger partial charge in [0.15, 0.2) is 0 Å². The Kier molecular flexibility index (Phi) is 19.6. The summed E-state index contributed by atoms with van der Waals surface area (Å²) >= 11 is 23.8. The second kappa shape index (κ2) is 14.2. The van der Waals surface area contributed by atoms with Gasteiger partial charge in [0, 0.05) is 31.6 Å². The van der Waals surface area contributed by atoms with Crippen molar-refractivity contribution in [3.8, 4) is 0 Å². The van der Waals surface area contributed by atoms with E-state index in [1.54, 1.807) is 36.4 Å². The number of nitrogens with zero attached hydrogens (tertiary/aromatic N) is 2. The average molecular weight is 531 g/mol. The number of benzene rings is 2. The molecule has 2 nitrogen and oxygen atoms in total. The average Bonchev–Trinajstić information content (AvgIpc) is 2.35. The van der Waals surface area contributed by atoms with E-state index in [1.165, 1.54) is 0 Å². The fraction of sp³-hybridized carbons (Fsp3) is 0. The minimum atomic E-state index is 0. The van der Waals surface area contributed by atoms with Gasteiger partial charge in [-0.15, -0.1) is 49.6 Å². The van der Waals surface area contributed by atoms with E-state index in [0.29, 0.717) is 21.4 Å². The fourth-order valence-electron chi connectivity index (χ4n) is 1.44. The Morgan fingerprint density at radius 2 is 0.957 bits per heavy atom. The van der Waals surface area contributed by atoms with Crippen LogP contribution in [0.15, 0.2) is 36.4 Å². The third-order valence-corrected chi connectivity index (χ3v) is 3.94. The topological polar surface area (TPSA) is 25.3 Å². The van der Waals surface area contributed by atoms with Crippen molar-refractivity contribution in [2.75, 3.05) is 0 Å². The Balaban J connectivity index is -0.000000361. The molecule has 0 radical (unpaired) electrons. The standard InChI is InChI=1S/C12H6Cl4N2.4ClH.Zn/c13-7-3-1-5-9(11(7)15)18(17)10-6-2-4-8(14)12(10)16;;;;;/h1-6H;4*1H;. The summed E-state index contributed by atoms with van der Waals surface area (Å²) in [6.45, 7) is 0. The van der Waals surface area contributed by atoms with Gasteiger partial charge < -0.3 is 5.53 Å². The molecular weight excluding hydrogens is 521 g/mol. The van der Waals surface area contributed by atoms with Crippen molar-refractivity contribution in [3.63, 3.8) is 0 Å². The Bertz CT molecular complexity index is 585. The molecule has 0 saturated carbocycles. The first-order valence-electron chi connectivity index (χ1n) is 4.89. The molecule has 2 aromatic rings. The van der Waals surface area contributed by atoms with E-state index in [-0.39, 0.29) is 79.2 Å². The number of halogens is 8. The van der Waals surface area contributed by atoms with Crippen molar-refractivity contribution in [2.24, 2.45) is 0 Å². The molecule has 126 valence electrons. The maximum Gasteiger partial charge on any atom is 0.220 e. The molecule has 0 bridgehead atoms. The summed E-state index contributed by atoms with van der Waals surface area (Å²) in [6, 6.07) is 9.83. The molecule has 2 aromatic carbocycles. The summed E-state index contributed by atoms with van der Waals surface area (Å²) in [4.78, 5) is 0. The number of rotatable bonds is 2. The molecule has 2 rings (SSSR count). The van der Waals surface area contributed by atoms with E-state index in [0.717, 1.165) is 4.70 Å². The first-order chi connectivity index (χ1) is 8.52.